The number of aryl methyl sites for hydroxylation is 1. The van der Waals surface area contributed by atoms with Gasteiger partial charge in [-0.15, -0.1) is 0 Å². The van der Waals surface area contributed by atoms with E-state index in [-0.39, 0.29) is 29.4 Å². The highest BCUT2D eigenvalue weighted by atomic mass is 32.2. The summed E-state index contributed by atoms with van der Waals surface area (Å²) in [6, 6.07) is 1.78. The van der Waals surface area contributed by atoms with Crippen molar-refractivity contribution in [2.24, 2.45) is 12.5 Å². The highest BCUT2D eigenvalue weighted by molar-refractivity contribution is 7.89. The summed E-state index contributed by atoms with van der Waals surface area (Å²) in [4.78, 5) is 6.43. The van der Waals surface area contributed by atoms with Crippen LogP contribution in [0.5, 0.6) is 0 Å². The summed E-state index contributed by atoms with van der Waals surface area (Å²) in [6.45, 7) is 7.99. The molecule has 29 heavy (non-hydrogen) atoms. The molecular weight excluding hydrogens is 390 g/mol. The van der Waals surface area contributed by atoms with Gasteiger partial charge < -0.3 is 10.0 Å². The molecule has 8 nitrogen and oxygen atoms in total. The zero-order valence-electron chi connectivity index (χ0n) is 17.6. The van der Waals surface area contributed by atoms with Crippen molar-refractivity contribution in [1.29, 1.82) is 0 Å². The SMILES string of the molecule is CCCN(CCO)S(=O)(=O)c1cnccc1N1CC(c2cnn(C)c2)C(C)(C)C1. The van der Waals surface area contributed by atoms with Crippen LogP contribution in [0, 0.1) is 5.41 Å². The van der Waals surface area contributed by atoms with Crippen molar-refractivity contribution in [3.63, 3.8) is 0 Å². The molecule has 0 aliphatic carbocycles. The zero-order valence-corrected chi connectivity index (χ0v) is 18.4. The first kappa shape index (κ1) is 21.7. The van der Waals surface area contributed by atoms with Gasteiger partial charge in [0.05, 0.1) is 18.5 Å². The van der Waals surface area contributed by atoms with E-state index in [1.165, 1.54) is 10.5 Å². The van der Waals surface area contributed by atoms with E-state index in [2.05, 4.69) is 28.8 Å². The summed E-state index contributed by atoms with van der Waals surface area (Å²) in [5.74, 6) is 0.240. The number of anilines is 1. The predicted octanol–water partition coefficient (Wildman–Crippen LogP) is 1.84. The molecule has 1 N–H and O–H groups in total. The molecule has 160 valence electrons. The van der Waals surface area contributed by atoms with Gasteiger partial charge in [0.2, 0.25) is 10.0 Å². The summed E-state index contributed by atoms with van der Waals surface area (Å²) in [5.41, 5.74) is 1.78. The lowest BCUT2D eigenvalue weighted by Gasteiger charge is -2.27. The molecule has 2 aromatic heterocycles. The third kappa shape index (κ3) is 4.31. The fourth-order valence-corrected chi connectivity index (χ4v) is 5.86. The molecule has 2 aromatic rings. The number of nitrogens with zero attached hydrogens (tertiary/aromatic N) is 5. The first-order valence-electron chi connectivity index (χ1n) is 9.99. The summed E-state index contributed by atoms with van der Waals surface area (Å²) < 4.78 is 29.8. The van der Waals surface area contributed by atoms with Crippen molar-refractivity contribution in [1.82, 2.24) is 19.1 Å². The summed E-state index contributed by atoms with van der Waals surface area (Å²) in [6.07, 6.45) is 7.66. The van der Waals surface area contributed by atoms with Crippen LogP contribution in [0.25, 0.3) is 0 Å². The minimum absolute atomic E-state index is 0.0401. The number of hydrogen-bond acceptors (Lipinski definition) is 6. The van der Waals surface area contributed by atoms with Crippen LogP contribution in [-0.4, -0.2) is 65.4 Å². The molecule has 1 aliphatic heterocycles. The van der Waals surface area contributed by atoms with E-state index < -0.39 is 10.0 Å². The fraction of sp³-hybridized carbons (Fsp3) is 0.600. The Balaban J connectivity index is 1.97. The van der Waals surface area contributed by atoms with Crippen molar-refractivity contribution in [2.45, 2.75) is 38.0 Å². The number of pyridine rings is 1. The Kier molecular flexibility index (Phi) is 6.30. The number of aromatic nitrogens is 3. The monoisotopic (exact) mass is 421 g/mol. The maximum atomic E-state index is 13.3. The number of aliphatic hydroxyl groups excluding tert-OH is 1. The van der Waals surface area contributed by atoms with Crippen LogP contribution in [0.3, 0.4) is 0 Å². The lowest BCUT2D eigenvalue weighted by atomic mass is 9.79. The molecule has 1 saturated heterocycles. The number of aliphatic hydroxyl groups is 1. The van der Waals surface area contributed by atoms with E-state index in [1.807, 2.05) is 26.4 Å². The van der Waals surface area contributed by atoms with E-state index in [0.29, 0.717) is 25.2 Å². The molecule has 3 rings (SSSR count). The number of sulfonamides is 1. The van der Waals surface area contributed by atoms with Crippen molar-refractivity contribution in [3.8, 4) is 0 Å². The van der Waals surface area contributed by atoms with Crippen LogP contribution in [-0.2, 0) is 17.1 Å². The average molecular weight is 422 g/mol. The van der Waals surface area contributed by atoms with E-state index >= 15 is 0 Å². The van der Waals surface area contributed by atoms with Gasteiger partial charge >= 0.3 is 0 Å². The molecule has 0 saturated carbocycles. The van der Waals surface area contributed by atoms with E-state index in [1.54, 1.807) is 16.9 Å². The van der Waals surface area contributed by atoms with Crippen LogP contribution >= 0.6 is 0 Å². The molecular formula is C20H31N5O3S. The largest absolute Gasteiger partial charge is 0.395 e. The minimum Gasteiger partial charge on any atom is -0.395 e. The van der Waals surface area contributed by atoms with Crippen LogP contribution in [0.4, 0.5) is 5.69 Å². The maximum absolute atomic E-state index is 13.3. The van der Waals surface area contributed by atoms with Gasteiger partial charge in [0.1, 0.15) is 4.90 Å². The first-order chi connectivity index (χ1) is 13.7. The van der Waals surface area contributed by atoms with Crippen LogP contribution < -0.4 is 4.90 Å². The molecule has 3 heterocycles. The molecule has 1 atom stereocenters. The second-order valence-corrected chi connectivity index (χ2v) is 10.2. The molecule has 9 heteroatoms. The molecule has 1 unspecified atom stereocenters. The third-order valence-corrected chi connectivity index (χ3v) is 7.53. The zero-order chi connectivity index (χ0) is 21.2. The van der Waals surface area contributed by atoms with Gasteiger partial charge in [0.15, 0.2) is 0 Å². The summed E-state index contributed by atoms with van der Waals surface area (Å²) >= 11 is 0. The molecule has 0 spiro atoms. The Bertz CT molecular complexity index is 935. The normalized spacial score (nSPS) is 19.2. The lowest BCUT2D eigenvalue weighted by Crippen LogP contribution is -2.35. The maximum Gasteiger partial charge on any atom is 0.246 e. The topological polar surface area (TPSA) is 91.6 Å². The summed E-state index contributed by atoms with van der Waals surface area (Å²) in [7, 11) is -1.85. The van der Waals surface area contributed by atoms with Crippen molar-refractivity contribution < 1.29 is 13.5 Å². The fourth-order valence-electron chi connectivity index (χ4n) is 4.18. The number of rotatable bonds is 8. The molecule has 0 amide bonds. The predicted molar refractivity (Wildman–Crippen MR) is 112 cm³/mol. The van der Waals surface area contributed by atoms with Crippen LogP contribution in [0.1, 0.15) is 38.7 Å². The molecule has 1 fully saturated rings. The standard InChI is InChI=1S/C20H31N5O3S/c1-5-8-25(9-10-26)29(27,28)19-12-21-7-6-18(19)24-14-17(20(2,3)15-24)16-11-22-23(4)13-16/h6-7,11-13,17,26H,5,8-10,14-15H2,1-4H3. The van der Waals surface area contributed by atoms with E-state index in [4.69, 9.17) is 0 Å². The van der Waals surface area contributed by atoms with Crippen LogP contribution in [0.2, 0.25) is 0 Å². The molecule has 0 bridgehead atoms. The Morgan fingerprint density at radius 3 is 2.69 bits per heavy atom. The van der Waals surface area contributed by atoms with Crippen LogP contribution in [0.15, 0.2) is 35.7 Å². The lowest BCUT2D eigenvalue weighted by molar-refractivity contribution is 0.253. The molecule has 0 radical (unpaired) electrons. The second kappa shape index (κ2) is 8.41. The van der Waals surface area contributed by atoms with E-state index in [0.717, 1.165) is 12.1 Å². The van der Waals surface area contributed by atoms with Crippen molar-refractivity contribution in [2.75, 3.05) is 37.7 Å². The van der Waals surface area contributed by atoms with Gasteiger partial charge in [-0.3, -0.25) is 9.67 Å². The number of hydrogen-bond donors (Lipinski definition) is 1. The summed E-state index contributed by atoms with van der Waals surface area (Å²) in [5, 5.41) is 13.7. The highest BCUT2D eigenvalue weighted by Gasteiger charge is 2.42. The van der Waals surface area contributed by atoms with Gasteiger partial charge in [-0.25, -0.2) is 8.42 Å². The van der Waals surface area contributed by atoms with Gasteiger partial charge in [0.25, 0.3) is 0 Å². The first-order valence-corrected chi connectivity index (χ1v) is 11.4. The highest BCUT2D eigenvalue weighted by Crippen LogP contribution is 2.45. The molecule has 1 aliphatic rings. The minimum atomic E-state index is -3.76. The Hall–Kier alpha value is -1.97. The average Bonchev–Trinajstić information content (AvgIpc) is 3.23. The Labute approximate surface area is 173 Å². The van der Waals surface area contributed by atoms with Gasteiger partial charge in [-0.05, 0) is 23.5 Å². The van der Waals surface area contributed by atoms with Gasteiger partial charge in [-0.1, -0.05) is 20.8 Å². The van der Waals surface area contributed by atoms with E-state index in [9.17, 15) is 13.5 Å². The Morgan fingerprint density at radius 2 is 2.07 bits per heavy atom. The smallest absolute Gasteiger partial charge is 0.246 e. The molecule has 0 aromatic carbocycles. The quantitative estimate of drug-likeness (QED) is 0.699. The van der Waals surface area contributed by atoms with Gasteiger partial charge in [-0.2, -0.15) is 9.40 Å². The Morgan fingerprint density at radius 1 is 1.31 bits per heavy atom. The van der Waals surface area contributed by atoms with Gasteiger partial charge in [0, 0.05) is 57.7 Å². The van der Waals surface area contributed by atoms with Crippen molar-refractivity contribution >= 4 is 15.7 Å². The van der Waals surface area contributed by atoms with Crippen molar-refractivity contribution in [3.05, 3.63) is 36.4 Å². The third-order valence-electron chi connectivity index (χ3n) is 5.62. The second-order valence-electron chi connectivity index (χ2n) is 8.34.